The molecule has 0 aromatic carbocycles. The standard InChI is InChI=1S/C10H7N5O4/c16-9(17)8-2-1-6(3-11-8)14-10-12-4-7(5-13-10)15(18)19/h1-5H,(H,16,17)(H,12,13,14). The third kappa shape index (κ3) is 2.97. The summed E-state index contributed by atoms with van der Waals surface area (Å²) < 4.78 is 0. The predicted octanol–water partition coefficient (Wildman–Crippen LogP) is 1.22. The van der Waals surface area contributed by atoms with E-state index in [2.05, 4.69) is 20.3 Å². The van der Waals surface area contributed by atoms with Crippen LogP contribution in [0.5, 0.6) is 0 Å². The third-order valence-electron chi connectivity index (χ3n) is 2.09. The van der Waals surface area contributed by atoms with Crippen LogP contribution < -0.4 is 5.32 Å². The van der Waals surface area contributed by atoms with Gasteiger partial charge in [0.25, 0.3) is 0 Å². The van der Waals surface area contributed by atoms with Gasteiger partial charge in [-0.05, 0) is 12.1 Å². The van der Waals surface area contributed by atoms with Crippen LogP contribution in [0.4, 0.5) is 17.3 Å². The van der Waals surface area contributed by atoms with E-state index in [-0.39, 0.29) is 17.3 Å². The number of aromatic carboxylic acids is 1. The molecule has 0 saturated heterocycles. The van der Waals surface area contributed by atoms with Crippen molar-refractivity contribution in [1.29, 1.82) is 0 Å². The highest BCUT2D eigenvalue weighted by Crippen LogP contribution is 2.13. The van der Waals surface area contributed by atoms with Gasteiger partial charge in [0, 0.05) is 0 Å². The van der Waals surface area contributed by atoms with Crippen LogP contribution in [0.1, 0.15) is 10.5 Å². The van der Waals surface area contributed by atoms with Crippen molar-refractivity contribution in [2.45, 2.75) is 0 Å². The van der Waals surface area contributed by atoms with Gasteiger partial charge in [-0.25, -0.2) is 19.7 Å². The predicted molar refractivity (Wildman–Crippen MR) is 63.2 cm³/mol. The summed E-state index contributed by atoms with van der Waals surface area (Å²) in [7, 11) is 0. The number of rotatable bonds is 4. The molecule has 0 aliphatic carbocycles. The minimum atomic E-state index is -1.13. The van der Waals surface area contributed by atoms with Crippen molar-refractivity contribution in [1.82, 2.24) is 15.0 Å². The van der Waals surface area contributed by atoms with Crippen LogP contribution in [0.2, 0.25) is 0 Å². The molecule has 0 atom stereocenters. The van der Waals surface area contributed by atoms with Crippen molar-refractivity contribution in [2.75, 3.05) is 5.32 Å². The summed E-state index contributed by atoms with van der Waals surface area (Å²) in [6, 6.07) is 2.80. The summed E-state index contributed by atoms with van der Waals surface area (Å²) in [6.07, 6.45) is 3.43. The first-order chi connectivity index (χ1) is 9.06. The maximum Gasteiger partial charge on any atom is 0.354 e. The molecule has 2 aromatic rings. The molecule has 0 unspecified atom stereocenters. The minimum Gasteiger partial charge on any atom is -0.477 e. The van der Waals surface area contributed by atoms with Gasteiger partial charge in [0.15, 0.2) is 0 Å². The maximum atomic E-state index is 10.6. The topological polar surface area (TPSA) is 131 Å². The van der Waals surface area contributed by atoms with Crippen LogP contribution in [0.15, 0.2) is 30.7 Å². The molecule has 2 aromatic heterocycles. The molecule has 0 spiro atoms. The number of hydrogen-bond acceptors (Lipinski definition) is 7. The van der Waals surface area contributed by atoms with Crippen LogP contribution in [-0.4, -0.2) is 31.0 Å². The number of carboxylic acid groups (broad SMARTS) is 1. The van der Waals surface area contributed by atoms with Crippen LogP contribution in [0, 0.1) is 10.1 Å². The lowest BCUT2D eigenvalue weighted by atomic mass is 10.3. The number of nitro groups is 1. The molecule has 9 nitrogen and oxygen atoms in total. The molecule has 0 aliphatic rings. The first-order valence-electron chi connectivity index (χ1n) is 4.99. The molecule has 0 fully saturated rings. The van der Waals surface area contributed by atoms with Gasteiger partial charge in [0.1, 0.15) is 18.1 Å². The summed E-state index contributed by atoms with van der Waals surface area (Å²) in [4.78, 5) is 31.6. The summed E-state index contributed by atoms with van der Waals surface area (Å²) in [5, 5.41) is 21.8. The van der Waals surface area contributed by atoms with E-state index >= 15 is 0 Å². The van der Waals surface area contributed by atoms with Crippen molar-refractivity contribution in [3.8, 4) is 0 Å². The summed E-state index contributed by atoms with van der Waals surface area (Å²) >= 11 is 0. The van der Waals surface area contributed by atoms with Crippen molar-refractivity contribution in [3.05, 3.63) is 46.5 Å². The average Bonchev–Trinajstić information content (AvgIpc) is 2.40. The number of pyridine rings is 1. The molecule has 2 N–H and O–H groups in total. The molecule has 0 bridgehead atoms. The normalized spacial score (nSPS) is 9.89. The molecular weight excluding hydrogens is 254 g/mol. The van der Waals surface area contributed by atoms with E-state index in [4.69, 9.17) is 5.11 Å². The Hall–Kier alpha value is -3.10. The van der Waals surface area contributed by atoms with Crippen molar-refractivity contribution in [2.24, 2.45) is 0 Å². The van der Waals surface area contributed by atoms with E-state index in [1.807, 2.05) is 0 Å². The van der Waals surface area contributed by atoms with Gasteiger partial charge >= 0.3 is 11.7 Å². The number of carboxylic acids is 1. The molecule has 2 heterocycles. The van der Waals surface area contributed by atoms with Crippen molar-refractivity contribution >= 4 is 23.3 Å². The fraction of sp³-hybridized carbons (Fsp3) is 0. The highest BCUT2D eigenvalue weighted by Gasteiger charge is 2.07. The second-order valence-corrected chi connectivity index (χ2v) is 3.38. The van der Waals surface area contributed by atoms with Gasteiger partial charge in [0.05, 0.1) is 16.8 Å². The molecule has 2 rings (SSSR count). The molecular formula is C10H7N5O4. The highest BCUT2D eigenvalue weighted by atomic mass is 16.6. The van der Waals surface area contributed by atoms with E-state index in [0.717, 1.165) is 12.4 Å². The van der Waals surface area contributed by atoms with Gasteiger partial charge < -0.3 is 10.4 Å². The van der Waals surface area contributed by atoms with Crippen LogP contribution >= 0.6 is 0 Å². The summed E-state index contributed by atoms with van der Waals surface area (Å²) in [5.74, 6) is -0.978. The largest absolute Gasteiger partial charge is 0.477 e. The molecule has 0 saturated carbocycles. The lowest BCUT2D eigenvalue weighted by Crippen LogP contribution is -2.02. The smallest absolute Gasteiger partial charge is 0.354 e. The Morgan fingerprint density at radius 3 is 2.37 bits per heavy atom. The number of nitrogens with zero attached hydrogens (tertiary/aromatic N) is 4. The third-order valence-corrected chi connectivity index (χ3v) is 2.09. The summed E-state index contributed by atoms with van der Waals surface area (Å²) in [5.41, 5.74) is 0.166. The Morgan fingerprint density at radius 1 is 1.21 bits per heavy atom. The molecule has 0 radical (unpaired) electrons. The van der Waals surface area contributed by atoms with Crippen LogP contribution in [0.25, 0.3) is 0 Å². The second kappa shape index (κ2) is 5.04. The Labute approximate surface area is 106 Å². The monoisotopic (exact) mass is 261 g/mol. The maximum absolute atomic E-state index is 10.6. The average molecular weight is 261 g/mol. The van der Waals surface area contributed by atoms with Gasteiger partial charge in [-0.1, -0.05) is 0 Å². The van der Waals surface area contributed by atoms with E-state index in [1.54, 1.807) is 0 Å². The SMILES string of the molecule is O=C(O)c1ccc(Nc2ncc([N+](=O)[O-])cn2)cn1. The van der Waals surface area contributed by atoms with Gasteiger partial charge in [-0.15, -0.1) is 0 Å². The van der Waals surface area contributed by atoms with E-state index in [9.17, 15) is 14.9 Å². The van der Waals surface area contributed by atoms with Crippen LogP contribution in [-0.2, 0) is 0 Å². The van der Waals surface area contributed by atoms with Gasteiger partial charge in [-0.2, -0.15) is 0 Å². The van der Waals surface area contributed by atoms with Gasteiger partial charge in [0.2, 0.25) is 5.95 Å². The Kier molecular flexibility index (Phi) is 3.28. The van der Waals surface area contributed by atoms with Crippen LogP contribution in [0.3, 0.4) is 0 Å². The first kappa shape index (κ1) is 12.4. The number of anilines is 2. The molecule has 9 heteroatoms. The molecule has 0 amide bonds. The zero-order chi connectivity index (χ0) is 13.8. The Balaban J connectivity index is 2.12. The van der Waals surface area contributed by atoms with Crippen molar-refractivity contribution < 1.29 is 14.8 Å². The lowest BCUT2D eigenvalue weighted by Gasteiger charge is -2.03. The molecule has 0 aliphatic heterocycles. The lowest BCUT2D eigenvalue weighted by molar-refractivity contribution is -0.385. The Morgan fingerprint density at radius 2 is 1.89 bits per heavy atom. The Bertz CT molecular complexity index is 555. The zero-order valence-corrected chi connectivity index (χ0v) is 9.35. The zero-order valence-electron chi connectivity index (χ0n) is 9.35. The molecule has 19 heavy (non-hydrogen) atoms. The highest BCUT2D eigenvalue weighted by molar-refractivity contribution is 5.85. The fourth-order valence-electron chi connectivity index (χ4n) is 1.20. The number of hydrogen-bond donors (Lipinski definition) is 2. The van der Waals surface area contributed by atoms with E-state index in [1.165, 1.54) is 18.3 Å². The fourth-order valence-corrected chi connectivity index (χ4v) is 1.20. The first-order valence-corrected chi connectivity index (χ1v) is 4.99. The summed E-state index contributed by atoms with van der Waals surface area (Å²) in [6.45, 7) is 0. The quantitative estimate of drug-likeness (QED) is 0.620. The van der Waals surface area contributed by atoms with E-state index < -0.39 is 10.9 Å². The van der Waals surface area contributed by atoms with Gasteiger partial charge in [-0.3, -0.25) is 10.1 Å². The van der Waals surface area contributed by atoms with E-state index in [0.29, 0.717) is 5.69 Å². The minimum absolute atomic E-state index is 0.0878. The number of carbonyl (C=O) groups is 1. The van der Waals surface area contributed by atoms with Crippen molar-refractivity contribution in [3.63, 3.8) is 0 Å². The number of aromatic nitrogens is 3. The number of nitrogens with one attached hydrogen (secondary N) is 1. The molecule has 96 valence electrons. The second-order valence-electron chi connectivity index (χ2n) is 3.38.